The van der Waals surface area contributed by atoms with Gasteiger partial charge in [0.1, 0.15) is 23.3 Å². The molecule has 0 aliphatic carbocycles. The lowest BCUT2D eigenvalue weighted by atomic mass is 9.99. The van der Waals surface area contributed by atoms with Crippen LogP contribution in [-0.2, 0) is 16.1 Å². The van der Waals surface area contributed by atoms with Gasteiger partial charge in [0.15, 0.2) is 11.6 Å². The summed E-state index contributed by atoms with van der Waals surface area (Å²) in [6.07, 6.45) is 2.85. The maximum absolute atomic E-state index is 14.1. The van der Waals surface area contributed by atoms with Gasteiger partial charge in [0.2, 0.25) is 0 Å². The molecule has 0 spiro atoms. The maximum atomic E-state index is 14.1. The summed E-state index contributed by atoms with van der Waals surface area (Å²) in [6, 6.07) is 9.30. The van der Waals surface area contributed by atoms with Crippen molar-refractivity contribution in [3.05, 3.63) is 83.5 Å². The number of methoxy groups -OCH3 is 1. The van der Waals surface area contributed by atoms with Gasteiger partial charge in [0, 0.05) is 5.56 Å². The largest absolute Gasteiger partial charge is 0.507 e. The monoisotopic (exact) mass is 397 g/mol. The fourth-order valence-electron chi connectivity index (χ4n) is 3.33. The second-order valence-electron chi connectivity index (χ2n) is 6.37. The maximum Gasteiger partial charge on any atom is 0.296 e. The van der Waals surface area contributed by atoms with Gasteiger partial charge in [-0.15, -0.1) is 0 Å². The number of benzene rings is 1. The molecule has 8 heteroatoms. The van der Waals surface area contributed by atoms with Crippen molar-refractivity contribution in [3.63, 3.8) is 0 Å². The molecule has 7 nitrogen and oxygen atoms in total. The van der Waals surface area contributed by atoms with E-state index in [1.807, 2.05) is 0 Å². The lowest BCUT2D eigenvalue weighted by molar-refractivity contribution is -0.140. The molecule has 29 heavy (non-hydrogen) atoms. The number of likely N-dealkylation sites (tertiary alicyclic amines) is 1. The molecular formula is C21H16FNO6. The van der Waals surface area contributed by atoms with E-state index >= 15 is 0 Å². The van der Waals surface area contributed by atoms with Gasteiger partial charge in [-0.25, -0.2) is 4.39 Å². The Balaban J connectivity index is 1.83. The zero-order valence-electron chi connectivity index (χ0n) is 15.3. The summed E-state index contributed by atoms with van der Waals surface area (Å²) in [5.74, 6) is -2.21. The van der Waals surface area contributed by atoms with Crippen LogP contribution in [0.2, 0.25) is 0 Å². The highest BCUT2D eigenvalue weighted by Gasteiger charge is 2.47. The molecule has 0 radical (unpaired) electrons. The van der Waals surface area contributed by atoms with Gasteiger partial charge in [-0.2, -0.15) is 0 Å². The first-order valence-corrected chi connectivity index (χ1v) is 8.69. The second kappa shape index (κ2) is 7.31. The molecule has 4 rings (SSSR count). The van der Waals surface area contributed by atoms with Crippen molar-refractivity contribution >= 4 is 17.4 Å². The van der Waals surface area contributed by atoms with E-state index in [4.69, 9.17) is 13.6 Å². The van der Waals surface area contributed by atoms with Crippen LogP contribution in [0.15, 0.2) is 69.4 Å². The Kier molecular flexibility index (Phi) is 4.67. The van der Waals surface area contributed by atoms with Crippen molar-refractivity contribution in [2.45, 2.75) is 12.6 Å². The van der Waals surface area contributed by atoms with Crippen LogP contribution in [0.5, 0.6) is 5.75 Å². The van der Waals surface area contributed by atoms with Crippen molar-refractivity contribution in [2.75, 3.05) is 7.11 Å². The first-order valence-electron chi connectivity index (χ1n) is 8.69. The van der Waals surface area contributed by atoms with Gasteiger partial charge in [-0.1, -0.05) is 0 Å². The summed E-state index contributed by atoms with van der Waals surface area (Å²) in [6.45, 7) is -0.00328. The number of rotatable bonds is 5. The SMILES string of the molecule is COc1ccc(C(O)=C2C(=O)C(=O)N(Cc3ccco3)[C@H]2c2ccco2)cc1F. The number of halogens is 1. The number of carbonyl (C=O) groups excluding carboxylic acids is 2. The normalized spacial score (nSPS) is 18.4. The van der Waals surface area contributed by atoms with Crippen molar-refractivity contribution < 1.29 is 32.7 Å². The van der Waals surface area contributed by atoms with Crippen LogP contribution in [0.3, 0.4) is 0 Å². The zero-order valence-corrected chi connectivity index (χ0v) is 15.3. The molecular weight excluding hydrogens is 381 g/mol. The Morgan fingerprint density at radius 1 is 1.17 bits per heavy atom. The van der Waals surface area contributed by atoms with E-state index in [1.54, 1.807) is 24.3 Å². The molecule has 148 valence electrons. The molecule has 2 aromatic heterocycles. The molecule has 1 aromatic carbocycles. The van der Waals surface area contributed by atoms with E-state index in [1.165, 1.54) is 36.7 Å². The van der Waals surface area contributed by atoms with Crippen LogP contribution in [0, 0.1) is 5.82 Å². The van der Waals surface area contributed by atoms with Crippen LogP contribution in [0.25, 0.3) is 5.76 Å². The Morgan fingerprint density at radius 2 is 1.93 bits per heavy atom. The molecule has 3 aromatic rings. The van der Waals surface area contributed by atoms with Crippen LogP contribution >= 0.6 is 0 Å². The number of carbonyl (C=O) groups is 2. The number of ketones is 1. The third-order valence-corrected chi connectivity index (χ3v) is 4.68. The molecule has 1 aliphatic rings. The number of aliphatic hydroxyl groups is 1. The second-order valence-corrected chi connectivity index (χ2v) is 6.37. The first kappa shape index (κ1) is 18.5. The van der Waals surface area contributed by atoms with Crippen molar-refractivity contribution in [1.29, 1.82) is 0 Å². The molecule has 1 fully saturated rings. The number of ether oxygens (including phenoxy) is 1. The minimum absolute atomic E-state index is 0.00328. The predicted molar refractivity (Wildman–Crippen MR) is 98.2 cm³/mol. The minimum atomic E-state index is -0.986. The lowest BCUT2D eigenvalue weighted by Crippen LogP contribution is -2.28. The smallest absolute Gasteiger partial charge is 0.296 e. The van der Waals surface area contributed by atoms with E-state index in [2.05, 4.69) is 0 Å². The highest BCUT2D eigenvalue weighted by atomic mass is 19.1. The van der Waals surface area contributed by atoms with Gasteiger partial charge in [-0.3, -0.25) is 9.59 Å². The molecule has 1 amide bonds. The van der Waals surface area contributed by atoms with Crippen LogP contribution in [-0.4, -0.2) is 28.8 Å². The van der Waals surface area contributed by atoms with E-state index in [9.17, 15) is 19.1 Å². The Bertz CT molecular complexity index is 1080. The topological polar surface area (TPSA) is 93.1 Å². The third kappa shape index (κ3) is 3.18. The van der Waals surface area contributed by atoms with Crippen molar-refractivity contribution in [1.82, 2.24) is 4.90 Å². The number of nitrogens with zero attached hydrogens (tertiary/aromatic N) is 1. The molecule has 1 atom stereocenters. The number of amides is 1. The fourth-order valence-corrected chi connectivity index (χ4v) is 3.33. The van der Waals surface area contributed by atoms with Crippen LogP contribution < -0.4 is 4.74 Å². The average Bonchev–Trinajstić information content (AvgIpc) is 3.46. The van der Waals surface area contributed by atoms with Crippen LogP contribution in [0.4, 0.5) is 4.39 Å². The summed E-state index contributed by atoms with van der Waals surface area (Å²) < 4.78 is 29.7. The molecule has 1 N–H and O–H groups in total. The third-order valence-electron chi connectivity index (χ3n) is 4.68. The van der Waals surface area contributed by atoms with Gasteiger partial charge in [0.25, 0.3) is 11.7 Å². The average molecular weight is 397 g/mol. The highest BCUT2D eigenvalue weighted by molar-refractivity contribution is 6.46. The number of hydrogen-bond acceptors (Lipinski definition) is 6. The summed E-state index contributed by atoms with van der Waals surface area (Å²) in [7, 11) is 1.31. The molecule has 1 saturated heterocycles. The first-order chi connectivity index (χ1) is 14.0. The Morgan fingerprint density at radius 3 is 2.55 bits per heavy atom. The summed E-state index contributed by atoms with van der Waals surface area (Å²) in [4.78, 5) is 26.7. The molecule has 3 heterocycles. The summed E-state index contributed by atoms with van der Waals surface area (Å²) in [5, 5.41) is 10.8. The van der Waals surface area contributed by atoms with Crippen molar-refractivity contribution in [2.24, 2.45) is 0 Å². The van der Waals surface area contributed by atoms with Gasteiger partial charge in [0.05, 0.1) is 31.8 Å². The minimum Gasteiger partial charge on any atom is -0.507 e. The zero-order chi connectivity index (χ0) is 20.5. The van der Waals surface area contributed by atoms with E-state index in [0.717, 1.165) is 6.07 Å². The van der Waals surface area contributed by atoms with Crippen LogP contribution in [0.1, 0.15) is 23.1 Å². The quantitative estimate of drug-likeness (QED) is 0.401. The number of Topliss-reactive ketones (excluding diaryl/α,β-unsaturated/α-hetero) is 1. The molecule has 0 unspecified atom stereocenters. The summed E-state index contributed by atoms with van der Waals surface area (Å²) >= 11 is 0. The standard InChI is InChI=1S/C21H16FNO6/c1-27-15-7-6-12(10-14(15)22)19(24)17-18(16-5-3-9-29-16)23(21(26)20(17)25)11-13-4-2-8-28-13/h2-10,18,24H,11H2,1H3/t18-/m0/s1. The lowest BCUT2D eigenvalue weighted by Gasteiger charge is -2.22. The van der Waals surface area contributed by atoms with Crippen molar-refractivity contribution in [3.8, 4) is 5.75 Å². The van der Waals surface area contributed by atoms with E-state index in [-0.39, 0.29) is 29.2 Å². The highest BCUT2D eigenvalue weighted by Crippen LogP contribution is 2.40. The number of hydrogen-bond donors (Lipinski definition) is 1. The van der Waals surface area contributed by atoms with Gasteiger partial charge in [-0.05, 0) is 42.5 Å². The molecule has 1 aliphatic heterocycles. The fraction of sp³-hybridized carbons (Fsp3) is 0.143. The number of aliphatic hydroxyl groups excluding tert-OH is 1. The van der Waals surface area contributed by atoms with E-state index in [0.29, 0.717) is 5.76 Å². The number of furan rings is 2. The Labute approximate surface area is 164 Å². The van der Waals surface area contributed by atoms with Gasteiger partial charge < -0.3 is 23.6 Å². The molecule has 0 saturated carbocycles. The van der Waals surface area contributed by atoms with Gasteiger partial charge >= 0.3 is 0 Å². The Hall–Kier alpha value is -3.81. The molecule has 0 bridgehead atoms. The predicted octanol–water partition coefficient (Wildman–Crippen LogP) is 3.64. The van der Waals surface area contributed by atoms with E-state index < -0.39 is 29.3 Å². The summed E-state index contributed by atoms with van der Waals surface area (Å²) in [5.41, 5.74) is -0.156.